The molecule has 134 valence electrons. The minimum absolute atomic E-state index is 0.0497. The van der Waals surface area contributed by atoms with Crippen LogP contribution in [0.3, 0.4) is 0 Å². The van der Waals surface area contributed by atoms with Gasteiger partial charge in [0.1, 0.15) is 5.82 Å². The molecule has 25 heavy (non-hydrogen) atoms. The van der Waals surface area contributed by atoms with Crippen LogP contribution in [-0.4, -0.2) is 46.8 Å². The van der Waals surface area contributed by atoms with Gasteiger partial charge in [-0.1, -0.05) is 6.07 Å². The van der Waals surface area contributed by atoms with Crippen LogP contribution in [0, 0.1) is 6.92 Å². The van der Waals surface area contributed by atoms with Gasteiger partial charge in [-0.2, -0.15) is 5.10 Å². The lowest BCUT2D eigenvalue weighted by Crippen LogP contribution is -2.39. The second-order valence-corrected chi connectivity index (χ2v) is 6.24. The number of benzene rings is 1. The van der Waals surface area contributed by atoms with Crippen molar-refractivity contribution >= 4 is 5.91 Å². The summed E-state index contributed by atoms with van der Waals surface area (Å²) in [5.74, 6) is 2.85. The van der Waals surface area contributed by atoms with Crippen molar-refractivity contribution in [3.05, 3.63) is 35.4 Å². The Morgan fingerprint density at radius 1 is 1.28 bits per heavy atom. The molecule has 0 saturated carbocycles. The Morgan fingerprint density at radius 2 is 2.08 bits per heavy atom. The van der Waals surface area contributed by atoms with Crippen LogP contribution in [0.1, 0.15) is 42.5 Å². The van der Waals surface area contributed by atoms with Crippen LogP contribution in [0.5, 0.6) is 11.5 Å². The molecule has 1 N–H and O–H groups in total. The van der Waals surface area contributed by atoms with E-state index in [0.717, 1.165) is 37.2 Å². The summed E-state index contributed by atoms with van der Waals surface area (Å²) in [6.07, 6.45) is 3.31. The zero-order chi connectivity index (χ0) is 17.8. The molecule has 1 aliphatic heterocycles. The van der Waals surface area contributed by atoms with Crippen LogP contribution >= 0.6 is 0 Å². The summed E-state index contributed by atoms with van der Waals surface area (Å²) in [4.78, 5) is 19.2. The molecule has 1 saturated heterocycles. The molecular weight excluding hydrogens is 320 g/mol. The summed E-state index contributed by atoms with van der Waals surface area (Å²) in [7, 11) is 3.19. The average molecular weight is 344 g/mol. The monoisotopic (exact) mass is 344 g/mol. The average Bonchev–Trinajstić information content (AvgIpc) is 3.07. The fraction of sp³-hybridized carbons (Fsp3) is 0.500. The van der Waals surface area contributed by atoms with E-state index in [1.54, 1.807) is 14.2 Å². The van der Waals surface area contributed by atoms with E-state index in [0.29, 0.717) is 23.7 Å². The lowest BCUT2D eigenvalue weighted by atomic mass is 10.00. The third kappa shape index (κ3) is 3.75. The van der Waals surface area contributed by atoms with Gasteiger partial charge in [-0.25, -0.2) is 4.98 Å². The molecule has 7 nitrogen and oxygen atoms in total. The molecular formula is C18H24N4O3. The molecule has 2 heterocycles. The first-order chi connectivity index (χ1) is 12.1. The molecule has 3 rings (SSSR count). The van der Waals surface area contributed by atoms with Crippen molar-refractivity contribution in [2.24, 2.45) is 0 Å². The van der Waals surface area contributed by atoms with Crippen LogP contribution in [-0.2, 0) is 11.2 Å². The van der Waals surface area contributed by atoms with E-state index in [4.69, 9.17) is 9.47 Å². The number of hydrogen-bond donors (Lipinski definition) is 1. The first-order valence-electron chi connectivity index (χ1n) is 8.51. The molecule has 1 amide bonds. The lowest BCUT2D eigenvalue weighted by Gasteiger charge is -2.34. The summed E-state index contributed by atoms with van der Waals surface area (Å²) >= 11 is 0. The molecule has 2 aromatic rings. The maximum Gasteiger partial charge on any atom is 0.227 e. The van der Waals surface area contributed by atoms with Gasteiger partial charge in [-0.05, 0) is 43.9 Å². The topological polar surface area (TPSA) is 80.3 Å². The normalized spacial score (nSPS) is 17.4. The van der Waals surface area contributed by atoms with Gasteiger partial charge in [0.25, 0.3) is 0 Å². The zero-order valence-corrected chi connectivity index (χ0v) is 14.9. The van der Waals surface area contributed by atoms with Crippen LogP contribution < -0.4 is 9.47 Å². The van der Waals surface area contributed by atoms with Crippen molar-refractivity contribution in [2.45, 2.75) is 38.6 Å². The fourth-order valence-corrected chi connectivity index (χ4v) is 3.27. The van der Waals surface area contributed by atoms with Crippen LogP contribution in [0.25, 0.3) is 0 Å². The van der Waals surface area contributed by atoms with Gasteiger partial charge < -0.3 is 14.4 Å². The van der Waals surface area contributed by atoms with Crippen LogP contribution in [0.2, 0.25) is 0 Å². The van der Waals surface area contributed by atoms with Crippen LogP contribution in [0.15, 0.2) is 18.2 Å². The lowest BCUT2D eigenvalue weighted by molar-refractivity contribution is -0.134. The number of H-pyrrole nitrogens is 1. The molecule has 0 spiro atoms. The third-order valence-electron chi connectivity index (χ3n) is 4.54. The Labute approximate surface area is 147 Å². The van der Waals surface area contributed by atoms with Crippen molar-refractivity contribution in [1.82, 2.24) is 20.1 Å². The molecule has 0 aliphatic carbocycles. The summed E-state index contributed by atoms with van der Waals surface area (Å²) < 4.78 is 10.6. The van der Waals surface area contributed by atoms with E-state index in [1.807, 2.05) is 30.0 Å². The number of piperidine rings is 1. The Hall–Kier alpha value is -2.57. The highest BCUT2D eigenvalue weighted by atomic mass is 16.5. The van der Waals surface area contributed by atoms with E-state index >= 15 is 0 Å². The van der Waals surface area contributed by atoms with Crippen molar-refractivity contribution in [3.8, 4) is 11.5 Å². The summed E-state index contributed by atoms with van der Waals surface area (Å²) in [6, 6.07) is 5.53. The molecule has 1 aromatic heterocycles. The van der Waals surface area contributed by atoms with Gasteiger partial charge in [0.2, 0.25) is 5.91 Å². The van der Waals surface area contributed by atoms with E-state index < -0.39 is 0 Å². The largest absolute Gasteiger partial charge is 0.493 e. The van der Waals surface area contributed by atoms with Crippen molar-refractivity contribution in [1.29, 1.82) is 0 Å². The molecule has 7 heteroatoms. The second-order valence-electron chi connectivity index (χ2n) is 6.24. The molecule has 0 bridgehead atoms. The van der Waals surface area contributed by atoms with Gasteiger partial charge in [0, 0.05) is 6.54 Å². The molecule has 1 aliphatic rings. The highest BCUT2D eigenvalue weighted by Crippen LogP contribution is 2.31. The van der Waals surface area contributed by atoms with E-state index in [-0.39, 0.29) is 11.9 Å². The third-order valence-corrected chi connectivity index (χ3v) is 4.54. The number of ether oxygens (including phenoxy) is 2. The molecule has 1 aromatic carbocycles. The van der Waals surface area contributed by atoms with E-state index in [2.05, 4.69) is 15.2 Å². The number of nitrogens with one attached hydrogen (secondary N) is 1. The smallest absolute Gasteiger partial charge is 0.227 e. The van der Waals surface area contributed by atoms with Gasteiger partial charge in [0.05, 0.1) is 26.7 Å². The van der Waals surface area contributed by atoms with Gasteiger partial charge >= 0.3 is 0 Å². The molecule has 1 fully saturated rings. The standard InChI is InChI=1S/C18H24N4O3/c1-12-19-18(21-20-12)14-6-4-5-9-22(14)17(23)11-13-7-8-15(24-2)16(10-13)25-3/h7-8,10,14H,4-6,9,11H2,1-3H3,(H,19,20,21)/t14-/m1/s1. The molecule has 0 unspecified atom stereocenters. The quantitative estimate of drug-likeness (QED) is 0.901. The molecule has 0 radical (unpaired) electrons. The van der Waals surface area contributed by atoms with E-state index in [9.17, 15) is 4.79 Å². The first-order valence-corrected chi connectivity index (χ1v) is 8.51. The number of hydrogen-bond acceptors (Lipinski definition) is 5. The number of nitrogens with zero attached hydrogens (tertiary/aromatic N) is 3. The van der Waals surface area contributed by atoms with Gasteiger partial charge in [-0.3, -0.25) is 9.89 Å². The number of aromatic amines is 1. The highest BCUT2D eigenvalue weighted by Gasteiger charge is 2.30. The van der Waals surface area contributed by atoms with Gasteiger partial charge in [0.15, 0.2) is 17.3 Å². The summed E-state index contributed by atoms with van der Waals surface area (Å²) in [5.41, 5.74) is 0.901. The number of aromatic nitrogens is 3. The Morgan fingerprint density at radius 3 is 2.76 bits per heavy atom. The fourth-order valence-electron chi connectivity index (χ4n) is 3.27. The SMILES string of the molecule is COc1ccc(CC(=O)N2CCCC[C@@H]2c2n[nH]c(C)n2)cc1OC. The van der Waals surface area contributed by atoms with Crippen molar-refractivity contribution in [2.75, 3.05) is 20.8 Å². The minimum atomic E-state index is -0.0497. The maximum absolute atomic E-state index is 12.9. The second kappa shape index (κ2) is 7.55. The predicted molar refractivity (Wildman–Crippen MR) is 92.7 cm³/mol. The summed E-state index contributed by atoms with van der Waals surface area (Å²) in [5, 5.41) is 7.14. The number of likely N-dealkylation sites (tertiary alicyclic amines) is 1. The Balaban J connectivity index is 1.76. The Bertz CT molecular complexity index is 744. The minimum Gasteiger partial charge on any atom is -0.493 e. The van der Waals surface area contributed by atoms with Crippen LogP contribution in [0.4, 0.5) is 0 Å². The zero-order valence-electron chi connectivity index (χ0n) is 14.9. The highest BCUT2D eigenvalue weighted by molar-refractivity contribution is 5.79. The number of carbonyl (C=O) groups excluding carboxylic acids is 1. The number of aryl methyl sites for hydroxylation is 1. The first kappa shape index (κ1) is 17.3. The van der Waals surface area contributed by atoms with Gasteiger partial charge in [-0.15, -0.1) is 0 Å². The number of rotatable bonds is 5. The predicted octanol–water partition coefficient (Wildman–Crippen LogP) is 2.43. The summed E-state index contributed by atoms with van der Waals surface area (Å²) in [6.45, 7) is 2.61. The number of carbonyl (C=O) groups is 1. The van der Waals surface area contributed by atoms with E-state index in [1.165, 1.54) is 0 Å². The van der Waals surface area contributed by atoms with Crippen molar-refractivity contribution in [3.63, 3.8) is 0 Å². The number of amides is 1. The Kier molecular flexibility index (Phi) is 5.21. The van der Waals surface area contributed by atoms with Crippen molar-refractivity contribution < 1.29 is 14.3 Å². The maximum atomic E-state index is 12.9. The molecule has 1 atom stereocenters. The number of methoxy groups -OCH3 is 2.